The lowest BCUT2D eigenvalue weighted by Crippen LogP contribution is -2.14. The number of benzene rings is 1. The molecule has 0 fully saturated rings. The molecular formula is C12H9ClF3N3S. The minimum absolute atomic E-state index is 0.0150. The minimum Gasteiger partial charge on any atom is -0.271 e. The quantitative estimate of drug-likeness (QED) is 0.382. The second kappa shape index (κ2) is 8.51. The summed E-state index contributed by atoms with van der Waals surface area (Å²) in [5.41, 5.74) is 0.423. The molecule has 0 aromatic heterocycles. The predicted molar refractivity (Wildman–Crippen MR) is 74.7 cm³/mol. The Morgan fingerprint density at radius 1 is 1.35 bits per heavy atom. The molecule has 0 aliphatic heterocycles. The summed E-state index contributed by atoms with van der Waals surface area (Å²) >= 11 is 6.85. The second-order valence-corrected chi connectivity index (χ2v) is 4.86. The van der Waals surface area contributed by atoms with Crippen LogP contribution in [-0.2, 0) is 0 Å². The van der Waals surface area contributed by atoms with Crippen LogP contribution in [0.2, 0.25) is 5.02 Å². The molecule has 0 aliphatic rings. The van der Waals surface area contributed by atoms with Gasteiger partial charge in [-0.25, -0.2) is 9.38 Å². The Labute approximate surface area is 123 Å². The van der Waals surface area contributed by atoms with Gasteiger partial charge in [-0.2, -0.15) is 14.0 Å². The summed E-state index contributed by atoms with van der Waals surface area (Å²) in [4.78, 5) is 4.08. The van der Waals surface area contributed by atoms with Crippen molar-refractivity contribution in [3.8, 4) is 6.19 Å². The van der Waals surface area contributed by atoms with E-state index in [4.69, 9.17) is 16.9 Å². The first kappa shape index (κ1) is 16.4. The summed E-state index contributed by atoms with van der Waals surface area (Å²) in [7, 11) is 0. The second-order valence-electron chi connectivity index (χ2n) is 3.37. The Hall–Kier alpha value is -1.65. The zero-order chi connectivity index (χ0) is 15.0. The number of halogens is 4. The van der Waals surface area contributed by atoms with E-state index in [1.54, 1.807) is 30.5 Å². The molecule has 8 heteroatoms. The smallest absolute Gasteiger partial charge is 0.271 e. The maximum atomic E-state index is 12.6. The van der Waals surface area contributed by atoms with Gasteiger partial charge in [-0.15, -0.1) is 0 Å². The van der Waals surface area contributed by atoms with E-state index in [2.05, 4.69) is 10.3 Å². The van der Waals surface area contributed by atoms with Gasteiger partial charge in [0.15, 0.2) is 17.2 Å². The van der Waals surface area contributed by atoms with Crippen molar-refractivity contribution in [3.63, 3.8) is 0 Å². The van der Waals surface area contributed by atoms with Crippen molar-refractivity contribution >= 4 is 34.2 Å². The lowest BCUT2D eigenvalue weighted by Gasteiger charge is -2.04. The van der Waals surface area contributed by atoms with Gasteiger partial charge in [0.25, 0.3) is 0 Å². The third kappa shape index (κ3) is 5.55. The molecule has 0 atom stereocenters. The molecule has 0 heterocycles. The van der Waals surface area contributed by atoms with Crippen LogP contribution in [0.25, 0.3) is 0 Å². The molecule has 1 N–H and O–H groups in total. The molecule has 1 aromatic rings. The predicted octanol–water partition coefficient (Wildman–Crippen LogP) is 4.60. The van der Waals surface area contributed by atoms with Crippen molar-refractivity contribution in [1.29, 1.82) is 5.26 Å². The van der Waals surface area contributed by atoms with Crippen LogP contribution in [0.4, 0.5) is 18.9 Å². The lowest BCUT2D eigenvalue weighted by molar-refractivity contribution is 0.373. The highest BCUT2D eigenvalue weighted by atomic mass is 35.5. The molecule has 0 unspecified atom stereocenters. The molecular weight excluding hydrogens is 311 g/mol. The van der Waals surface area contributed by atoms with E-state index >= 15 is 0 Å². The minimum atomic E-state index is -2.33. The molecule has 0 aliphatic carbocycles. The Morgan fingerprint density at radius 3 is 2.65 bits per heavy atom. The highest BCUT2D eigenvalue weighted by molar-refractivity contribution is 8.13. The van der Waals surface area contributed by atoms with Crippen LogP contribution in [0.3, 0.4) is 0 Å². The number of hydrogen-bond donors (Lipinski definition) is 1. The number of allylic oxidation sites excluding steroid dienone is 1. The highest BCUT2D eigenvalue weighted by Crippen LogP contribution is 2.25. The summed E-state index contributed by atoms with van der Waals surface area (Å²) < 4.78 is 36.4. The van der Waals surface area contributed by atoms with E-state index in [9.17, 15) is 13.2 Å². The summed E-state index contributed by atoms with van der Waals surface area (Å²) in [6.07, 6.45) is -1.10. The first-order valence-electron chi connectivity index (χ1n) is 5.35. The van der Waals surface area contributed by atoms with Gasteiger partial charge in [-0.05, 0) is 12.1 Å². The van der Waals surface area contributed by atoms with Gasteiger partial charge in [0.2, 0.25) is 0 Å². The molecule has 1 aromatic carbocycles. The monoisotopic (exact) mass is 319 g/mol. The fraction of sp³-hybridized carbons (Fsp3) is 0.167. The highest BCUT2D eigenvalue weighted by Gasteiger charge is 2.07. The number of amidine groups is 1. The van der Waals surface area contributed by atoms with E-state index in [1.807, 2.05) is 0 Å². The van der Waals surface area contributed by atoms with Crippen molar-refractivity contribution in [2.45, 2.75) is 6.42 Å². The van der Waals surface area contributed by atoms with Crippen LogP contribution in [0.15, 0.2) is 41.2 Å². The summed E-state index contributed by atoms with van der Waals surface area (Å²) in [5.74, 6) is -1.45. The number of thioether (sulfide) groups is 1. The molecule has 0 bridgehead atoms. The maximum absolute atomic E-state index is 12.6. The lowest BCUT2D eigenvalue weighted by atomic mass is 10.3. The molecule has 0 saturated carbocycles. The third-order valence-corrected chi connectivity index (χ3v) is 3.20. The number of aliphatic imine (C=N–C) groups is 1. The van der Waals surface area contributed by atoms with Crippen LogP contribution in [0, 0.1) is 11.5 Å². The molecule has 106 valence electrons. The Morgan fingerprint density at radius 2 is 2.05 bits per heavy atom. The fourth-order valence-electron chi connectivity index (χ4n) is 1.13. The average Bonchev–Trinajstić information content (AvgIpc) is 2.41. The molecule has 0 amide bonds. The largest absolute Gasteiger partial charge is 0.301 e. The van der Waals surface area contributed by atoms with E-state index in [-0.39, 0.29) is 10.9 Å². The van der Waals surface area contributed by atoms with Gasteiger partial charge >= 0.3 is 6.08 Å². The van der Waals surface area contributed by atoms with Crippen molar-refractivity contribution in [2.75, 3.05) is 5.75 Å². The van der Waals surface area contributed by atoms with Gasteiger partial charge in [0.1, 0.15) is 0 Å². The zero-order valence-corrected chi connectivity index (χ0v) is 11.6. The van der Waals surface area contributed by atoms with Crippen LogP contribution in [-0.4, -0.2) is 10.9 Å². The zero-order valence-electron chi connectivity index (χ0n) is 10.0. The van der Waals surface area contributed by atoms with E-state index in [0.29, 0.717) is 10.7 Å². The van der Waals surface area contributed by atoms with Crippen LogP contribution in [0.5, 0.6) is 0 Å². The van der Waals surface area contributed by atoms with Gasteiger partial charge in [0, 0.05) is 12.2 Å². The van der Waals surface area contributed by atoms with E-state index < -0.39 is 18.3 Å². The first-order valence-corrected chi connectivity index (χ1v) is 6.71. The Balaban J connectivity index is 2.73. The number of nitrogens with zero attached hydrogens (tertiary/aromatic N) is 2. The summed E-state index contributed by atoms with van der Waals surface area (Å²) in [6.45, 7) is 0. The normalized spacial score (nSPS) is 10.8. The molecule has 0 saturated heterocycles. The molecule has 3 nitrogen and oxygen atoms in total. The molecule has 0 radical (unpaired) electrons. The van der Waals surface area contributed by atoms with Crippen LogP contribution < -0.4 is 5.32 Å². The summed E-state index contributed by atoms with van der Waals surface area (Å²) in [5, 5.41) is 11.4. The fourth-order valence-corrected chi connectivity index (χ4v) is 2.06. The van der Waals surface area contributed by atoms with Crippen molar-refractivity contribution in [3.05, 3.63) is 41.2 Å². The van der Waals surface area contributed by atoms with Crippen LogP contribution >= 0.6 is 23.4 Å². The van der Waals surface area contributed by atoms with Crippen LogP contribution in [0.1, 0.15) is 6.42 Å². The van der Waals surface area contributed by atoms with E-state index in [0.717, 1.165) is 11.8 Å². The van der Waals surface area contributed by atoms with Gasteiger partial charge < -0.3 is 0 Å². The third-order valence-electron chi connectivity index (χ3n) is 2.00. The van der Waals surface area contributed by atoms with E-state index in [1.165, 1.54) is 0 Å². The molecule has 0 spiro atoms. The standard InChI is InChI=1S/C12H9ClF3N3S/c13-8-3-1-2-4-10(8)19-12(18-7-17)20-6-5-9(14)11(15)16/h1-4H,5-6H2,(H,18,19). The molecule has 20 heavy (non-hydrogen) atoms. The average molecular weight is 320 g/mol. The number of para-hydroxylation sites is 1. The molecule has 1 rings (SSSR count). The first-order chi connectivity index (χ1) is 9.54. The summed E-state index contributed by atoms with van der Waals surface area (Å²) in [6, 6.07) is 6.68. The van der Waals surface area contributed by atoms with Crippen molar-refractivity contribution in [2.24, 2.45) is 4.99 Å². The SMILES string of the molecule is N#CNC(=Nc1ccccc1Cl)SCCC(F)=C(F)F. The van der Waals surface area contributed by atoms with Crippen molar-refractivity contribution < 1.29 is 13.2 Å². The number of nitriles is 1. The number of hydrogen-bond acceptors (Lipinski definition) is 3. The maximum Gasteiger partial charge on any atom is 0.301 e. The van der Waals surface area contributed by atoms with Gasteiger partial charge in [-0.3, -0.25) is 5.32 Å². The van der Waals surface area contributed by atoms with Crippen molar-refractivity contribution in [1.82, 2.24) is 5.32 Å². The topological polar surface area (TPSA) is 48.2 Å². The number of nitrogens with one attached hydrogen (secondary N) is 1. The Bertz CT molecular complexity index is 565. The number of rotatable bonds is 4. The van der Waals surface area contributed by atoms with Gasteiger partial charge in [-0.1, -0.05) is 35.5 Å². The van der Waals surface area contributed by atoms with Gasteiger partial charge in [0.05, 0.1) is 10.7 Å². The Kier molecular flexibility index (Phi) is 6.98.